The number of aryl methyl sites for hydroxylation is 2. The van der Waals surface area contributed by atoms with Crippen molar-refractivity contribution in [2.75, 3.05) is 7.11 Å². The van der Waals surface area contributed by atoms with Gasteiger partial charge in [-0.2, -0.15) is 5.10 Å². The van der Waals surface area contributed by atoms with E-state index in [1.165, 1.54) is 0 Å². The van der Waals surface area contributed by atoms with Crippen LogP contribution in [0.3, 0.4) is 0 Å². The molecule has 0 aliphatic rings. The molecule has 0 amide bonds. The first kappa shape index (κ1) is 7.21. The minimum absolute atomic E-state index is 0.488. The summed E-state index contributed by atoms with van der Waals surface area (Å²) in [4.78, 5) is 4.13. The van der Waals surface area contributed by atoms with Crippen LogP contribution < -0.4 is 0 Å². The van der Waals surface area contributed by atoms with E-state index in [-0.39, 0.29) is 0 Å². The van der Waals surface area contributed by atoms with Crippen molar-refractivity contribution in [3.05, 3.63) is 11.6 Å². The highest BCUT2D eigenvalue weighted by molar-refractivity contribution is 4.87. The lowest BCUT2D eigenvalue weighted by Gasteiger charge is -1.88. The fourth-order valence-electron chi connectivity index (χ4n) is 0.717. The molecule has 1 aromatic rings. The molecule has 4 heteroatoms. The van der Waals surface area contributed by atoms with E-state index >= 15 is 0 Å². The van der Waals surface area contributed by atoms with Crippen LogP contribution in [-0.4, -0.2) is 21.9 Å². The highest BCUT2D eigenvalue weighted by Gasteiger charge is 2.00. The number of nitrogens with zero attached hydrogens (tertiary/aromatic N) is 3. The maximum atomic E-state index is 4.86. The Bertz CT molecular complexity index is 199. The minimum atomic E-state index is 0.488. The van der Waals surface area contributed by atoms with Crippen molar-refractivity contribution in [1.29, 1.82) is 0 Å². The van der Waals surface area contributed by atoms with Crippen molar-refractivity contribution in [3.63, 3.8) is 0 Å². The number of ether oxygens (including phenoxy) is 1. The van der Waals surface area contributed by atoms with Crippen molar-refractivity contribution in [2.45, 2.75) is 13.5 Å². The van der Waals surface area contributed by atoms with Crippen molar-refractivity contribution in [1.82, 2.24) is 14.8 Å². The Morgan fingerprint density at radius 1 is 1.60 bits per heavy atom. The largest absolute Gasteiger partial charge is 0.377 e. The number of aromatic nitrogens is 3. The number of rotatable bonds is 2. The molecule has 10 heavy (non-hydrogen) atoms. The van der Waals surface area contributed by atoms with Crippen LogP contribution in [0, 0.1) is 6.92 Å². The molecule has 0 atom stereocenters. The van der Waals surface area contributed by atoms with Crippen LogP contribution in [0.4, 0.5) is 0 Å². The Labute approximate surface area is 59.8 Å². The third kappa shape index (κ3) is 1.33. The zero-order valence-electron chi connectivity index (χ0n) is 6.46. The summed E-state index contributed by atoms with van der Waals surface area (Å²) in [5.74, 6) is 1.65. The van der Waals surface area contributed by atoms with Gasteiger partial charge in [0, 0.05) is 14.2 Å². The summed E-state index contributed by atoms with van der Waals surface area (Å²) >= 11 is 0. The normalized spacial score (nSPS) is 10.3. The monoisotopic (exact) mass is 141 g/mol. The van der Waals surface area contributed by atoms with Crippen molar-refractivity contribution in [2.24, 2.45) is 7.05 Å². The molecule has 0 aliphatic carbocycles. The molecule has 0 saturated heterocycles. The second-order valence-corrected chi connectivity index (χ2v) is 2.13. The van der Waals surface area contributed by atoms with Crippen LogP contribution in [-0.2, 0) is 18.4 Å². The topological polar surface area (TPSA) is 39.9 Å². The molecule has 0 aromatic carbocycles. The Balaban J connectivity index is 2.77. The zero-order chi connectivity index (χ0) is 7.56. The van der Waals surface area contributed by atoms with E-state index < -0.39 is 0 Å². The second-order valence-electron chi connectivity index (χ2n) is 2.13. The predicted molar refractivity (Wildman–Crippen MR) is 36.5 cm³/mol. The predicted octanol–water partition coefficient (Wildman–Crippen LogP) is 0.270. The van der Waals surface area contributed by atoms with E-state index in [1.807, 2.05) is 14.0 Å². The third-order valence-electron chi connectivity index (χ3n) is 1.30. The van der Waals surface area contributed by atoms with Gasteiger partial charge in [0.2, 0.25) is 0 Å². The summed E-state index contributed by atoms with van der Waals surface area (Å²) in [6.45, 7) is 2.40. The van der Waals surface area contributed by atoms with Crippen LogP contribution in [0.2, 0.25) is 0 Å². The van der Waals surface area contributed by atoms with Gasteiger partial charge in [0.1, 0.15) is 12.4 Å². The summed E-state index contributed by atoms with van der Waals surface area (Å²) in [5.41, 5.74) is 0. The minimum Gasteiger partial charge on any atom is -0.377 e. The molecule has 0 unspecified atom stereocenters. The smallest absolute Gasteiger partial charge is 0.176 e. The molecule has 4 nitrogen and oxygen atoms in total. The molecule has 56 valence electrons. The first-order valence-electron chi connectivity index (χ1n) is 3.09. The van der Waals surface area contributed by atoms with E-state index in [1.54, 1.807) is 11.8 Å². The lowest BCUT2D eigenvalue weighted by molar-refractivity contribution is 0.177. The molecule has 0 fully saturated rings. The number of hydrogen-bond acceptors (Lipinski definition) is 3. The fraction of sp³-hybridized carbons (Fsp3) is 0.667. The highest BCUT2D eigenvalue weighted by Crippen LogP contribution is 1.94. The summed E-state index contributed by atoms with van der Waals surface area (Å²) in [5, 5.41) is 4.08. The molecular formula is C6H11N3O. The summed E-state index contributed by atoms with van der Waals surface area (Å²) in [6, 6.07) is 0. The molecule has 1 heterocycles. The van der Waals surface area contributed by atoms with Gasteiger partial charge in [-0.1, -0.05) is 0 Å². The molecule has 0 saturated carbocycles. The van der Waals surface area contributed by atoms with Crippen LogP contribution in [0.25, 0.3) is 0 Å². The Hall–Kier alpha value is -0.900. The van der Waals surface area contributed by atoms with Crippen LogP contribution in [0.5, 0.6) is 0 Å². The molecule has 1 rings (SSSR count). The lowest BCUT2D eigenvalue weighted by Crippen LogP contribution is -1.94. The summed E-state index contributed by atoms with van der Waals surface area (Å²) in [7, 11) is 3.49. The van der Waals surface area contributed by atoms with Crippen molar-refractivity contribution < 1.29 is 4.74 Å². The van der Waals surface area contributed by atoms with Gasteiger partial charge in [-0.05, 0) is 6.92 Å². The van der Waals surface area contributed by atoms with Gasteiger partial charge in [-0.25, -0.2) is 4.98 Å². The number of methoxy groups -OCH3 is 1. The first-order valence-corrected chi connectivity index (χ1v) is 3.09. The van der Waals surface area contributed by atoms with Gasteiger partial charge in [0.05, 0.1) is 0 Å². The Morgan fingerprint density at radius 3 is 2.70 bits per heavy atom. The van der Waals surface area contributed by atoms with E-state index in [0.717, 1.165) is 11.6 Å². The SMILES string of the molecule is COCc1nc(C)n(C)n1. The van der Waals surface area contributed by atoms with E-state index in [9.17, 15) is 0 Å². The summed E-state index contributed by atoms with van der Waals surface area (Å²) < 4.78 is 6.59. The molecule has 0 aliphatic heterocycles. The first-order chi connectivity index (χ1) is 4.74. The van der Waals surface area contributed by atoms with Crippen molar-refractivity contribution in [3.8, 4) is 0 Å². The average molecular weight is 141 g/mol. The average Bonchev–Trinajstić information content (AvgIpc) is 2.14. The van der Waals surface area contributed by atoms with Gasteiger partial charge in [0.15, 0.2) is 5.82 Å². The Morgan fingerprint density at radius 2 is 2.30 bits per heavy atom. The van der Waals surface area contributed by atoms with Crippen LogP contribution in [0.1, 0.15) is 11.6 Å². The van der Waals surface area contributed by atoms with E-state index in [2.05, 4.69) is 10.1 Å². The second kappa shape index (κ2) is 2.79. The van der Waals surface area contributed by atoms with Crippen LogP contribution >= 0.6 is 0 Å². The molecule has 0 radical (unpaired) electrons. The van der Waals surface area contributed by atoms with Gasteiger partial charge in [-0.3, -0.25) is 4.68 Å². The van der Waals surface area contributed by atoms with Gasteiger partial charge >= 0.3 is 0 Å². The lowest BCUT2D eigenvalue weighted by atomic mass is 10.6. The van der Waals surface area contributed by atoms with E-state index in [4.69, 9.17) is 4.74 Å². The fourth-order valence-corrected chi connectivity index (χ4v) is 0.717. The quantitative estimate of drug-likeness (QED) is 0.593. The molecule has 0 spiro atoms. The van der Waals surface area contributed by atoms with Gasteiger partial charge in [0.25, 0.3) is 0 Å². The molecule has 0 bridgehead atoms. The highest BCUT2D eigenvalue weighted by atomic mass is 16.5. The maximum Gasteiger partial charge on any atom is 0.176 e. The van der Waals surface area contributed by atoms with Crippen LogP contribution in [0.15, 0.2) is 0 Å². The number of hydrogen-bond donors (Lipinski definition) is 0. The van der Waals surface area contributed by atoms with Gasteiger partial charge < -0.3 is 4.74 Å². The third-order valence-corrected chi connectivity index (χ3v) is 1.30. The van der Waals surface area contributed by atoms with Crippen molar-refractivity contribution >= 4 is 0 Å². The van der Waals surface area contributed by atoms with Gasteiger partial charge in [-0.15, -0.1) is 0 Å². The molecular weight excluding hydrogens is 130 g/mol. The summed E-state index contributed by atoms with van der Waals surface area (Å²) in [6.07, 6.45) is 0. The van der Waals surface area contributed by atoms with E-state index in [0.29, 0.717) is 6.61 Å². The molecule has 0 N–H and O–H groups in total. The maximum absolute atomic E-state index is 4.86. The zero-order valence-corrected chi connectivity index (χ0v) is 6.46. The standard InChI is InChI=1S/C6H11N3O/c1-5-7-6(4-10-3)8-9(5)2/h4H2,1-3H3. The molecule has 1 aromatic heterocycles. The Kier molecular flexibility index (Phi) is 2.01.